The molecule has 2 aliphatic heterocycles. The number of benzene rings is 1. The zero-order chi connectivity index (χ0) is 14.7. The van der Waals surface area contributed by atoms with Crippen LogP contribution in [-0.4, -0.2) is 62.7 Å². The second-order valence-electron chi connectivity index (χ2n) is 6.29. The van der Waals surface area contributed by atoms with E-state index in [0.717, 1.165) is 31.9 Å². The molecule has 4 heteroatoms. The second kappa shape index (κ2) is 6.77. The SMILES string of the molecule is CC(NCCN1CCN(C)CC1)c1ccc2c(c1)CCO2. The van der Waals surface area contributed by atoms with Gasteiger partial charge in [-0.15, -0.1) is 0 Å². The molecule has 1 fully saturated rings. The number of ether oxygens (including phenoxy) is 1. The molecule has 3 rings (SSSR count). The summed E-state index contributed by atoms with van der Waals surface area (Å²) in [5, 5.41) is 3.65. The van der Waals surface area contributed by atoms with E-state index in [4.69, 9.17) is 4.74 Å². The highest BCUT2D eigenvalue weighted by atomic mass is 16.5. The van der Waals surface area contributed by atoms with Crippen molar-refractivity contribution in [3.05, 3.63) is 29.3 Å². The molecule has 1 aromatic carbocycles. The summed E-state index contributed by atoms with van der Waals surface area (Å²) in [6, 6.07) is 7.02. The fraction of sp³-hybridized carbons (Fsp3) is 0.647. The lowest BCUT2D eigenvalue weighted by Crippen LogP contribution is -2.46. The Morgan fingerprint density at radius 2 is 2.05 bits per heavy atom. The number of piperazine rings is 1. The molecule has 0 spiro atoms. The van der Waals surface area contributed by atoms with Crippen LogP contribution in [0, 0.1) is 0 Å². The Balaban J connectivity index is 1.45. The van der Waals surface area contributed by atoms with Gasteiger partial charge in [0.05, 0.1) is 6.61 Å². The predicted molar refractivity (Wildman–Crippen MR) is 86.0 cm³/mol. The molecule has 0 amide bonds. The molecule has 1 atom stereocenters. The molecule has 2 heterocycles. The van der Waals surface area contributed by atoms with Crippen molar-refractivity contribution in [3.63, 3.8) is 0 Å². The summed E-state index contributed by atoms with van der Waals surface area (Å²) >= 11 is 0. The molecule has 1 aromatic rings. The molecular weight excluding hydrogens is 262 g/mol. The molecule has 1 N–H and O–H groups in total. The molecule has 0 radical (unpaired) electrons. The maximum absolute atomic E-state index is 5.57. The molecule has 1 saturated heterocycles. The fourth-order valence-corrected chi connectivity index (χ4v) is 3.10. The maximum atomic E-state index is 5.57. The largest absolute Gasteiger partial charge is 0.493 e. The van der Waals surface area contributed by atoms with Gasteiger partial charge in [-0.05, 0) is 31.2 Å². The van der Waals surface area contributed by atoms with Gasteiger partial charge in [-0.25, -0.2) is 0 Å². The third kappa shape index (κ3) is 3.76. The summed E-state index contributed by atoms with van der Waals surface area (Å²) in [4.78, 5) is 4.95. The van der Waals surface area contributed by atoms with Crippen LogP contribution in [0.15, 0.2) is 18.2 Å². The minimum atomic E-state index is 0.406. The summed E-state index contributed by atoms with van der Waals surface area (Å²) in [6.07, 6.45) is 1.05. The van der Waals surface area contributed by atoms with Crippen molar-refractivity contribution < 1.29 is 4.74 Å². The van der Waals surface area contributed by atoms with E-state index in [1.807, 2.05) is 0 Å². The number of nitrogens with zero attached hydrogens (tertiary/aromatic N) is 2. The van der Waals surface area contributed by atoms with Gasteiger partial charge in [0.15, 0.2) is 0 Å². The van der Waals surface area contributed by atoms with Gasteiger partial charge in [0.2, 0.25) is 0 Å². The second-order valence-corrected chi connectivity index (χ2v) is 6.29. The first-order valence-electron chi connectivity index (χ1n) is 8.12. The van der Waals surface area contributed by atoms with Crippen LogP contribution in [0.3, 0.4) is 0 Å². The highest BCUT2D eigenvalue weighted by Gasteiger charge is 2.16. The Morgan fingerprint density at radius 1 is 1.24 bits per heavy atom. The van der Waals surface area contributed by atoms with E-state index >= 15 is 0 Å². The average molecular weight is 289 g/mol. The third-order valence-electron chi connectivity index (χ3n) is 4.69. The summed E-state index contributed by atoms with van der Waals surface area (Å²) < 4.78 is 5.57. The molecule has 0 bridgehead atoms. The van der Waals surface area contributed by atoms with Gasteiger partial charge in [0, 0.05) is 51.7 Å². The highest BCUT2D eigenvalue weighted by molar-refractivity contribution is 5.40. The van der Waals surface area contributed by atoms with Crippen molar-refractivity contribution in [2.24, 2.45) is 0 Å². The van der Waals surface area contributed by atoms with Gasteiger partial charge in [0.25, 0.3) is 0 Å². The zero-order valence-electron chi connectivity index (χ0n) is 13.3. The van der Waals surface area contributed by atoms with Crippen molar-refractivity contribution in [1.82, 2.24) is 15.1 Å². The number of hydrogen-bond acceptors (Lipinski definition) is 4. The van der Waals surface area contributed by atoms with E-state index in [0.29, 0.717) is 6.04 Å². The molecule has 116 valence electrons. The van der Waals surface area contributed by atoms with Crippen LogP contribution in [0.25, 0.3) is 0 Å². The monoisotopic (exact) mass is 289 g/mol. The first kappa shape index (κ1) is 14.8. The van der Waals surface area contributed by atoms with Crippen molar-refractivity contribution in [2.45, 2.75) is 19.4 Å². The zero-order valence-corrected chi connectivity index (χ0v) is 13.3. The van der Waals surface area contributed by atoms with Crippen molar-refractivity contribution >= 4 is 0 Å². The number of likely N-dealkylation sites (N-methyl/N-ethyl adjacent to an activating group) is 1. The Kier molecular flexibility index (Phi) is 4.78. The number of rotatable bonds is 5. The van der Waals surface area contributed by atoms with E-state index in [2.05, 4.69) is 47.3 Å². The van der Waals surface area contributed by atoms with Crippen LogP contribution in [0.2, 0.25) is 0 Å². The summed E-state index contributed by atoms with van der Waals surface area (Å²) in [5.74, 6) is 1.07. The molecule has 0 aliphatic carbocycles. The van der Waals surface area contributed by atoms with Crippen molar-refractivity contribution in [3.8, 4) is 5.75 Å². The quantitative estimate of drug-likeness (QED) is 0.889. The summed E-state index contributed by atoms with van der Waals surface area (Å²) in [6.45, 7) is 10.1. The molecule has 21 heavy (non-hydrogen) atoms. The third-order valence-corrected chi connectivity index (χ3v) is 4.69. The molecule has 4 nitrogen and oxygen atoms in total. The Hall–Kier alpha value is -1.10. The number of nitrogens with one attached hydrogen (secondary N) is 1. The van der Waals surface area contributed by atoms with Crippen molar-refractivity contribution in [2.75, 3.05) is 52.9 Å². The average Bonchev–Trinajstić information content (AvgIpc) is 2.96. The van der Waals surface area contributed by atoms with Crippen molar-refractivity contribution in [1.29, 1.82) is 0 Å². The minimum Gasteiger partial charge on any atom is -0.493 e. The smallest absolute Gasteiger partial charge is 0.122 e. The van der Waals surface area contributed by atoms with E-state index in [-0.39, 0.29) is 0 Å². The molecule has 2 aliphatic rings. The van der Waals surface area contributed by atoms with Crippen LogP contribution in [-0.2, 0) is 6.42 Å². The van der Waals surface area contributed by atoms with E-state index in [1.54, 1.807) is 0 Å². The fourth-order valence-electron chi connectivity index (χ4n) is 3.10. The number of fused-ring (bicyclic) bond motifs is 1. The molecular formula is C17H27N3O. The minimum absolute atomic E-state index is 0.406. The Labute approximate surface area is 128 Å². The van der Waals surface area contributed by atoms with Gasteiger partial charge in [-0.1, -0.05) is 12.1 Å². The lowest BCUT2D eigenvalue weighted by Gasteiger charge is -2.32. The lowest BCUT2D eigenvalue weighted by molar-refractivity contribution is 0.154. The van der Waals surface area contributed by atoms with Crippen LogP contribution in [0.4, 0.5) is 0 Å². The standard InChI is InChI=1S/C17H27N3O/c1-14(15-3-4-17-16(13-15)5-12-21-17)18-6-7-20-10-8-19(2)9-11-20/h3-4,13-14,18H,5-12H2,1-2H3. The molecule has 0 aromatic heterocycles. The maximum Gasteiger partial charge on any atom is 0.122 e. The topological polar surface area (TPSA) is 27.7 Å². The van der Waals surface area contributed by atoms with Gasteiger partial charge in [-0.3, -0.25) is 4.90 Å². The first-order chi connectivity index (χ1) is 10.2. The Bertz CT molecular complexity index is 469. The lowest BCUT2D eigenvalue weighted by atomic mass is 10.0. The van der Waals surface area contributed by atoms with E-state index in [9.17, 15) is 0 Å². The van der Waals surface area contributed by atoms with Crippen LogP contribution in [0.5, 0.6) is 5.75 Å². The summed E-state index contributed by atoms with van der Waals surface area (Å²) in [7, 11) is 2.20. The molecule has 0 saturated carbocycles. The summed E-state index contributed by atoms with van der Waals surface area (Å²) in [5.41, 5.74) is 2.73. The van der Waals surface area contributed by atoms with Crippen LogP contribution in [0.1, 0.15) is 24.1 Å². The van der Waals surface area contributed by atoms with Crippen LogP contribution < -0.4 is 10.1 Å². The van der Waals surface area contributed by atoms with Gasteiger partial charge in [-0.2, -0.15) is 0 Å². The van der Waals surface area contributed by atoms with Gasteiger partial charge < -0.3 is 15.0 Å². The predicted octanol–water partition coefficient (Wildman–Crippen LogP) is 1.52. The van der Waals surface area contributed by atoms with Crippen LogP contribution >= 0.6 is 0 Å². The Morgan fingerprint density at radius 3 is 2.86 bits per heavy atom. The van der Waals surface area contributed by atoms with Gasteiger partial charge in [0.1, 0.15) is 5.75 Å². The highest BCUT2D eigenvalue weighted by Crippen LogP contribution is 2.27. The van der Waals surface area contributed by atoms with E-state index < -0.39 is 0 Å². The molecule has 1 unspecified atom stereocenters. The normalized spacial score (nSPS) is 21.0. The first-order valence-corrected chi connectivity index (χ1v) is 8.12. The van der Waals surface area contributed by atoms with E-state index in [1.165, 1.54) is 37.3 Å². The van der Waals surface area contributed by atoms with Gasteiger partial charge >= 0.3 is 0 Å². The number of hydrogen-bond donors (Lipinski definition) is 1.